The summed E-state index contributed by atoms with van der Waals surface area (Å²) in [5, 5.41) is 2.73. The van der Waals surface area contributed by atoms with Crippen molar-refractivity contribution in [3.05, 3.63) is 29.8 Å². The third-order valence-electron chi connectivity index (χ3n) is 5.76. The van der Waals surface area contributed by atoms with Crippen molar-refractivity contribution in [3.63, 3.8) is 0 Å². The minimum absolute atomic E-state index is 0.0535. The molecule has 1 N–H and O–H groups in total. The Kier molecular flexibility index (Phi) is 6.40. The van der Waals surface area contributed by atoms with E-state index in [-0.39, 0.29) is 22.8 Å². The van der Waals surface area contributed by atoms with Crippen molar-refractivity contribution in [2.24, 2.45) is 0 Å². The summed E-state index contributed by atoms with van der Waals surface area (Å²) in [4.78, 5) is 26.3. The maximum absolute atomic E-state index is 13.1. The second-order valence-electron chi connectivity index (χ2n) is 7.49. The highest BCUT2D eigenvalue weighted by Crippen LogP contribution is 2.28. The van der Waals surface area contributed by atoms with Gasteiger partial charge in [0, 0.05) is 31.2 Å². The number of hydrogen-bond donors (Lipinski definition) is 1. The highest BCUT2D eigenvalue weighted by molar-refractivity contribution is 7.89. The first-order valence-electron chi connectivity index (χ1n) is 10.1. The average molecular weight is 408 g/mol. The van der Waals surface area contributed by atoms with Crippen molar-refractivity contribution < 1.29 is 18.0 Å². The van der Waals surface area contributed by atoms with E-state index in [2.05, 4.69) is 5.32 Å². The SMILES string of the molecule is CCN(C1CCCCC1)S(=O)(=O)c1ccc(C(=O)N2CCNC(=O)C2C)cc1. The van der Waals surface area contributed by atoms with Gasteiger partial charge in [-0.05, 0) is 44.0 Å². The molecule has 1 heterocycles. The molecule has 8 heteroatoms. The van der Waals surface area contributed by atoms with Gasteiger partial charge in [0.15, 0.2) is 0 Å². The largest absolute Gasteiger partial charge is 0.353 e. The number of rotatable bonds is 5. The molecule has 1 aromatic rings. The van der Waals surface area contributed by atoms with Gasteiger partial charge in [-0.2, -0.15) is 4.31 Å². The van der Waals surface area contributed by atoms with Gasteiger partial charge in [-0.25, -0.2) is 8.42 Å². The van der Waals surface area contributed by atoms with Gasteiger partial charge in [-0.1, -0.05) is 26.2 Å². The van der Waals surface area contributed by atoms with E-state index in [0.717, 1.165) is 32.1 Å². The monoisotopic (exact) mass is 407 g/mol. The van der Waals surface area contributed by atoms with E-state index in [4.69, 9.17) is 0 Å². The van der Waals surface area contributed by atoms with Gasteiger partial charge in [-0.15, -0.1) is 0 Å². The van der Waals surface area contributed by atoms with Crippen LogP contribution in [0.1, 0.15) is 56.3 Å². The van der Waals surface area contributed by atoms with E-state index in [0.29, 0.717) is 25.2 Å². The number of benzene rings is 1. The van der Waals surface area contributed by atoms with Crippen LogP contribution < -0.4 is 5.32 Å². The van der Waals surface area contributed by atoms with Crippen LogP contribution in [-0.4, -0.2) is 61.2 Å². The Labute approximate surface area is 167 Å². The molecule has 0 spiro atoms. The molecule has 2 amide bonds. The summed E-state index contributed by atoms with van der Waals surface area (Å²) in [6.45, 7) is 4.86. The molecule has 3 rings (SSSR count). The Morgan fingerprint density at radius 1 is 1.18 bits per heavy atom. The van der Waals surface area contributed by atoms with Gasteiger partial charge in [-0.3, -0.25) is 9.59 Å². The van der Waals surface area contributed by atoms with E-state index in [1.807, 2.05) is 6.92 Å². The van der Waals surface area contributed by atoms with Crippen molar-refractivity contribution in [3.8, 4) is 0 Å². The second-order valence-corrected chi connectivity index (χ2v) is 9.38. The van der Waals surface area contributed by atoms with Gasteiger partial charge < -0.3 is 10.2 Å². The number of nitrogens with one attached hydrogen (secondary N) is 1. The predicted octanol–water partition coefficient (Wildman–Crippen LogP) is 1.99. The predicted molar refractivity (Wildman–Crippen MR) is 106 cm³/mol. The Morgan fingerprint density at radius 2 is 1.82 bits per heavy atom. The van der Waals surface area contributed by atoms with E-state index in [1.165, 1.54) is 17.0 Å². The van der Waals surface area contributed by atoms with Gasteiger partial charge in [0.25, 0.3) is 5.91 Å². The lowest BCUT2D eigenvalue weighted by Crippen LogP contribution is -2.55. The van der Waals surface area contributed by atoms with Crippen LogP contribution in [0.2, 0.25) is 0 Å². The maximum Gasteiger partial charge on any atom is 0.254 e. The lowest BCUT2D eigenvalue weighted by Gasteiger charge is -2.33. The number of sulfonamides is 1. The van der Waals surface area contributed by atoms with E-state index in [9.17, 15) is 18.0 Å². The molecule has 1 aromatic carbocycles. The molecule has 154 valence electrons. The summed E-state index contributed by atoms with van der Waals surface area (Å²) < 4.78 is 27.8. The molecule has 0 radical (unpaired) electrons. The Hall–Kier alpha value is -1.93. The van der Waals surface area contributed by atoms with E-state index in [1.54, 1.807) is 23.4 Å². The molecule has 1 aliphatic heterocycles. The minimum Gasteiger partial charge on any atom is -0.353 e. The number of hydrogen-bond acceptors (Lipinski definition) is 4. The first-order valence-corrected chi connectivity index (χ1v) is 11.5. The van der Waals surface area contributed by atoms with Crippen molar-refractivity contribution in [1.29, 1.82) is 0 Å². The van der Waals surface area contributed by atoms with Gasteiger partial charge in [0.05, 0.1) is 4.90 Å². The fraction of sp³-hybridized carbons (Fsp3) is 0.600. The van der Waals surface area contributed by atoms with Crippen LogP contribution in [0.4, 0.5) is 0 Å². The number of piperazine rings is 1. The van der Waals surface area contributed by atoms with Crippen LogP contribution in [-0.2, 0) is 14.8 Å². The smallest absolute Gasteiger partial charge is 0.254 e. The zero-order valence-electron chi connectivity index (χ0n) is 16.6. The van der Waals surface area contributed by atoms with Crippen molar-refractivity contribution in [2.75, 3.05) is 19.6 Å². The summed E-state index contributed by atoms with van der Waals surface area (Å²) in [5.74, 6) is -0.434. The first kappa shape index (κ1) is 20.8. The Morgan fingerprint density at radius 3 is 2.43 bits per heavy atom. The molecule has 0 aromatic heterocycles. The van der Waals surface area contributed by atoms with Crippen LogP contribution >= 0.6 is 0 Å². The van der Waals surface area contributed by atoms with Crippen molar-refractivity contribution in [1.82, 2.24) is 14.5 Å². The lowest BCUT2D eigenvalue weighted by molar-refractivity contribution is -0.127. The minimum atomic E-state index is -3.59. The highest BCUT2D eigenvalue weighted by atomic mass is 32.2. The third-order valence-corrected chi connectivity index (χ3v) is 7.80. The standard InChI is InChI=1S/C20H29N3O4S/c1-3-23(17-7-5-4-6-8-17)28(26,27)18-11-9-16(10-12-18)20(25)22-14-13-21-19(24)15(22)2/h9-12,15,17H,3-8,13-14H2,1-2H3,(H,21,24). The molecule has 1 unspecified atom stereocenters. The van der Waals surface area contributed by atoms with Gasteiger partial charge >= 0.3 is 0 Å². The van der Waals surface area contributed by atoms with Crippen molar-refractivity contribution >= 4 is 21.8 Å². The summed E-state index contributed by atoms with van der Waals surface area (Å²) in [6, 6.07) is 5.61. The van der Waals surface area contributed by atoms with E-state index >= 15 is 0 Å². The van der Waals surface area contributed by atoms with Crippen LogP contribution in [0.3, 0.4) is 0 Å². The molecule has 1 atom stereocenters. The van der Waals surface area contributed by atoms with Gasteiger partial charge in [0.1, 0.15) is 6.04 Å². The maximum atomic E-state index is 13.1. The molecule has 1 saturated carbocycles. The molecular weight excluding hydrogens is 378 g/mol. The van der Waals surface area contributed by atoms with Crippen LogP contribution in [0.25, 0.3) is 0 Å². The second kappa shape index (κ2) is 8.61. The zero-order valence-corrected chi connectivity index (χ0v) is 17.4. The molecule has 1 saturated heterocycles. The average Bonchev–Trinajstić information content (AvgIpc) is 2.71. The highest BCUT2D eigenvalue weighted by Gasteiger charge is 2.32. The summed E-state index contributed by atoms with van der Waals surface area (Å²) >= 11 is 0. The Balaban J connectivity index is 1.79. The molecule has 2 fully saturated rings. The summed E-state index contributed by atoms with van der Waals surface area (Å²) in [7, 11) is -3.59. The molecular formula is C20H29N3O4S. The normalized spacial score (nSPS) is 21.6. The summed E-state index contributed by atoms with van der Waals surface area (Å²) in [6.07, 6.45) is 5.09. The van der Waals surface area contributed by atoms with Crippen LogP contribution in [0.15, 0.2) is 29.2 Å². The molecule has 28 heavy (non-hydrogen) atoms. The quantitative estimate of drug-likeness (QED) is 0.809. The number of carbonyl (C=O) groups is 2. The summed E-state index contributed by atoms with van der Waals surface area (Å²) in [5.41, 5.74) is 0.390. The number of amides is 2. The fourth-order valence-corrected chi connectivity index (χ4v) is 5.82. The Bertz CT molecular complexity index is 816. The van der Waals surface area contributed by atoms with Crippen LogP contribution in [0, 0.1) is 0 Å². The van der Waals surface area contributed by atoms with Crippen LogP contribution in [0.5, 0.6) is 0 Å². The third kappa shape index (κ3) is 4.07. The molecule has 1 aliphatic carbocycles. The molecule has 7 nitrogen and oxygen atoms in total. The molecule has 2 aliphatic rings. The van der Waals surface area contributed by atoms with E-state index < -0.39 is 16.1 Å². The van der Waals surface area contributed by atoms with Crippen molar-refractivity contribution in [2.45, 2.75) is 62.9 Å². The topological polar surface area (TPSA) is 86.8 Å². The first-order chi connectivity index (χ1) is 13.4. The number of nitrogens with zero attached hydrogens (tertiary/aromatic N) is 2. The lowest BCUT2D eigenvalue weighted by atomic mass is 9.95. The fourth-order valence-electron chi connectivity index (χ4n) is 4.12. The zero-order chi connectivity index (χ0) is 20.3. The van der Waals surface area contributed by atoms with Gasteiger partial charge in [0.2, 0.25) is 15.9 Å². The number of carbonyl (C=O) groups excluding carboxylic acids is 2. The molecule has 0 bridgehead atoms.